The zero-order valence-corrected chi connectivity index (χ0v) is 24.0. The van der Waals surface area contributed by atoms with Gasteiger partial charge >= 0.3 is 0 Å². The highest BCUT2D eigenvalue weighted by Gasteiger charge is 2.16. The van der Waals surface area contributed by atoms with Crippen LogP contribution in [0.1, 0.15) is 0 Å². The van der Waals surface area contributed by atoms with Crippen LogP contribution in [-0.2, 0) is 0 Å². The maximum absolute atomic E-state index is 6.40. The Balaban J connectivity index is 1.26. The largest absolute Gasteiger partial charge is 0.224 e. The number of halogens is 1. The Morgan fingerprint density at radius 2 is 1.12 bits per heavy atom. The average Bonchev–Trinajstić information content (AvgIpc) is 3.42. The van der Waals surface area contributed by atoms with E-state index in [2.05, 4.69) is 145 Å². The number of hydrogen-bond donors (Lipinski definition) is 0. The van der Waals surface area contributed by atoms with Gasteiger partial charge in [-0.3, -0.25) is 0 Å². The molecule has 8 rings (SSSR count). The van der Waals surface area contributed by atoms with Gasteiger partial charge in [0.05, 0.1) is 5.69 Å². The van der Waals surface area contributed by atoms with Gasteiger partial charge < -0.3 is 0 Å². The Morgan fingerprint density at radius 3 is 1.93 bits per heavy atom. The quantitative estimate of drug-likeness (QED) is 0.195. The number of fused-ring (bicyclic) bond motifs is 4. The highest BCUT2D eigenvalue weighted by Crippen LogP contribution is 2.41. The number of aromatic nitrogens is 2. The van der Waals surface area contributed by atoms with Crippen molar-refractivity contribution in [1.82, 2.24) is 9.97 Å². The zero-order chi connectivity index (χ0) is 28.0. The van der Waals surface area contributed by atoms with Gasteiger partial charge in [-0.05, 0) is 67.9 Å². The van der Waals surface area contributed by atoms with Crippen LogP contribution in [0.5, 0.6) is 0 Å². The fraction of sp³-hybridized carbons (Fsp3) is 0. The second-order valence-corrected chi connectivity index (χ2v) is 11.7. The molecule has 2 aromatic heterocycles. The third kappa shape index (κ3) is 4.26. The molecule has 0 unspecified atom stereocenters. The lowest BCUT2D eigenvalue weighted by molar-refractivity contribution is 1.24. The molecule has 0 aliphatic carbocycles. The van der Waals surface area contributed by atoms with Gasteiger partial charge in [0.15, 0.2) is 0 Å². The topological polar surface area (TPSA) is 25.8 Å². The maximum Gasteiger partial charge on any atom is 0.224 e. The summed E-state index contributed by atoms with van der Waals surface area (Å²) in [5, 5.41) is 4.94. The van der Waals surface area contributed by atoms with Gasteiger partial charge in [0.2, 0.25) is 5.28 Å². The molecule has 2 heterocycles. The fourth-order valence-corrected chi connectivity index (χ4v) is 7.23. The molecule has 6 aromatic carbocycles. The summed E-state index contributed by atoms with van der Waals surface area (Å²) in [7, 11) is 0. The molecule has 2 nitrogen and oxygen atoms in total. The Bertz CT molecular complexity index is 2250. The average molecular weight is 575 g/mol. The Morgan fingerprint density at radius 1 is 0.476 bits per heavy atom. The highest BCUT2D eigenvalue weighted by molar-refractivity contribution is 7.25. The summed E-state index contributed by atoms with van der Waals surface area (Å²) in [6.45, 7) is 0. The monoisotopic (exact) mass is 574 g/mol. The summed E-state index contributed by atoms with van der Waals surface area (Å²) in [6, 6.07) is 49.5. The summed E-state index contributed by atoms with van der Waals surface area (Å²) in [5.74, 6) is 0. The maximum atomic E-state index is 6.40. The molecule has 0 saturated heterocycles. The minimum absolute atomic E-state index is 0.268. The predicted molar refractivity (Wildman–Crippen MR) is 179 cm³/mol. The van der Waals surface area contributed by atoms with Gasteiger partial charge in [-0.25, -0.2) is 9.97 Å². The molecule has 0 N–H and O–H groups in total. The highest BCUT2D eigenvalue weighted by atomic mass is 35.5. The predicted octanol–water partition coefficient (Wildman–Crippen LogP) is 11.3. The first-order valence-corrected chi connectivity index (χ1v) is 15.1. The number of hydrogen-bond acceptors (Lipinski definition) is 3. The van der Waals surface area contributed by atoms with Crippen molar-refractivity contribution >= 4 is 54.0 Å². The fourth-order valence-electron chi connectivity index (χ4n) is 5.93. The van der Waals surface area contributed by atoms with Crippen molar-refractivity contribution in [1.29, 1.82) is 0 Å². The van der Waals surface area contributed by atoms with Crippen molar-refractivity contribution in [3.05, 3.63) is 145 Å². The molecule has 0 radical (unpaired) electrons. The van der Waals surface area contributed by atoms with Crippen molar-refractivity contribution in [3.63, 3.8) is 0 Å². The van der Waals surface area contributed by atoms with Crippen LogP contribution in [0.4, 0.5) is 0 Å². The van der Waals surface area contributed by atoms with Gasteiger partial charge in [0, 0.05) is 21.0 Å². The lowest BCUT2D eigenvalue weighted by Gasteiger charge is -2.14. The van der Waals surface area contributed by atoms with Crippen LogP contribution in [0.3, 0.4) is 0 Å². The molecule has 8 aromatic rings. The van der Waals surface area contributed by atoms with Crippen molar-refractivity contribution < 1.29 is 0 Å². The van der Waals surface area contributed by atoms with E-state index < -0.39 is 0 Å². The third-order valence-electron chi connectivity index (χ3n) is 7.87. The second kappa shape index (κ2) is 10.2. The molecule has 0 aliphatic rings. The molecule has 0 saturated carbocycles. The molecule has 0 atom stereocenters. The van der Waals surface area contributed by atoms with Crippen molar-refractivity contribution in [2.45, 2.75) is 0 Å². The minimum atomic E-state index is 0.268. The minimum Gasteiger partial charge on any atom is -0.217 e. The van der Waals surface area contributed by atoms with Crippen LogP contribution >= 0.6 is 22.9 Å². The van der Waals surface area contributed by atoms with Crippen LogP contribution in [0.15, 0.2) is 140 Å². The zero-order valence-electron chi connectivity index (χ0n) is 22.5. The van der Waals surface area contributed by atoms with E-state index in [4.69, 9.17) is 16.6 Å². The lowest BCUT2D eigenvalue weighted by atomic mass is 9.90. The number of nitrogens with zero attached hydrogens (tertiary/aromatic N) is 2. The van der Waals surface area contributed by atoms with E-state index in [0.717, 1.165) is 32.4 Å². The van der Waals surface area contributed by atoms with E-state index >= 15 is 0 Å². The molecule has 4 heteroatoms. The Kier molecular flexibility index (Phi) is 6.06. The molecule has 0 spiro atoms. The number of rotatable bonds is 4. The van der Waals surface area contributed by atoms with Crippen molar-refractivity contribution in [3.8, 4) is 44.6 Å². The van der Waals surface area contributed by atoms with E-state index in [1.165, 1.54) is 43.3 Å². The SMILES string of the molecule is Clc1nc(-c2ccc(-c3cccc4cccc(-c5cccc(-c6ccccc6)c5)c34)cc2)c2c(n1)sc1ccccc12. The number of benzene rings is 6. The first-order chi connectivity index (χ1) is 20.7. The standard InChI is InChI=1S/C38H23ClN2S/c39-38-40-36(35-32-15-4-5-18-33(32)42-37(35)41-38)27-21-19-25(20-22-27)30-16-7-11-26-12-8-17-31(34(26)30)29-14-6-13-28(23-29)24-9-2-1-3-10-24/h1-23H. The van der Waals surface area contributed by atoms with Gasteiger partial charge in [-0.1, -0.05) is 127 Å². The van der Waals surface area contributed by atoms with Crippen LogP contribution in [-0.4, -0.2) is 9.97 Å². The summed E-state index contributed by atoms with van der Waals surface area (Å²) in [5.41, 5.74) is 9.09. The summed E-state index contributed by atoms with van der Waals surface area (Å²) >= 11 is 8.05. The Hall–Kier alpha value is -4.83. The van der Waals surface area contributed by atoms with Crippen LogP contribution in [0, 0.1) is 0 Å². The van der Waals surface area contributed by atoms with Gasteiger partial charge in [0.1, 0.15) is 4.83 Å². The van der Waals surface area contributed by atoms with Gasteiger partial charge in [-0.15, -0.1) is 11.3 Å². The molecular formula is C38H23ClN2S. The third-order valence-corrected chi connectivity index (χ3v) is 9.10. The first kappa shape index (κ1) is 24.9. The van der Waals surface area contributed by atoms with E-state index in [-0.39, 0.29) is 5.28 Å². The molecule has 0 fully saturated rings. The molecule has 0 bridgehead atoms. The second-order valence-electron chi connectivity index (χ2n) is 10.4. The van der Waals surface area contributed by atoms with Gasteiger partial charge in [-0.2, -0.15) is 0 Å². The summed E-state index contributed by atoms with van der Waals surface area (Å²) < 4.78 is 1.18. The summed E-state index contributed by atoms with van der Waals surface area (Å²) in [4.78, 5) is 10.1. The molecular weight excluding hydrogens is 552 g/mol. The van der Waals surface area contributed by atoms with Crippen LogP contribution in [0.25, 0.3) is 75.7 Å². The normalized spacial score (nSPS) is 11.5. The molecule has 0 aliphatic heterocycles. The first-order valence-electron chi connectivity index (χ1n) is 13.9. The van der Waals surface area contributed by atoms with Crippen molar-refractivity contribution in [2.24, 2.45) is 0 Å². The molecule has 198 valence electrons. The van der Waals surface area contributed by atoms with Crippen molar-refractivity contribution in [2.75, 3.05) is 0 Å². The Labute approximate surface area is 252 Å². The van der Waals surface area contributed by atoms with Crippen LogP contribution < -0.4 is 0 Å². The smallest absolute Gasteiger partial charge is 0.217 e. The van der Waals surface area contributed by atoms with Crippen LogP contribution in [0.2, 0.25) is 5.28 Å². The lowest BCUT2D eigenvalue weighted by Crippen LogP contribution is -1.90. The summed E-state index contributed by atoms with van der Waals surface area (Å²) in [6.07, 6.45) is 0. The van der Waals surface area contributed by atoms with E-state index in [1.54, 1.807) is 11.3 Å². The molecule has 0 amide bonds. The van der Waals surface area contributed by atoms with E-state index in [1.807, 2.05) is 0 Å². The molecule has 42 heavy (non-hydrogen) atoms. The van der Waals surface area contributed by atoms with E-state index in [0.29, 0.717) is 0 Å². The van der Waals surface area contributed by atoms with Gasteiger partial charge in [0.25, 0.3) is 0 Å². The van der Waals surface area contributed by atoms with E-state index in [9.17, 15) is 0 Å². The number of thiophene rings is 1.